The molecule has 1 saturated carbocycles. The minimum atomic E-state index is 0.307. The van der Waals surface area contributed by atoms with Crippen LogP contribution in [0.2, 0.25) is 0 Å². The number of hydrogen-bond donors (Lipinski definition) is 1. The zero-order valence-electron chi connectivity index (χ0n) is 12.4. The third-order valence-electron chi connectivity index (χ3n) is 4.56. The van der Waals surface area contributed by atoms with Crippen molar-refractivity contribution in [3.8, 4) is 0 Å². The number of nitrogens with zero attached hydrogens (tertiary/aromatic N) is 1. The van der Waals surface area contributed by atoms with Gasteiger partial charge in [-0.05, 0) is 45.4 Å². The Morgan fingerprint density at radius 2 is 2.17 bits per heavy atom. The van der Waals surface area contributed by atoms with E-state index >= 15 is 0 Å². The maximum Gasteiger partial charge on any atom is 0.0494 e. The normalized spacial score (nSPS) is 33.8. The van der Waals surface area contributed by atoms with Gasteiger partial charge in [-0.3, -0.25) is 4.90 Å². The lowest BCUT2D eigenvalue weighted by Gasteiger charge is -2.45. The van der Waals surface area contributed by atoms with Crippen molar-refractivity contribution in [2.75, 3.05) is 32.8 Å². The Labute approximate surface area is 112 Å². The third kappa shape index (κ3) is 4.22. The maximum atomic E-state index is 5.72. The van der Waals surface area contributed by atoms with Crippen LogP contribution in [-0.4, -0.2) is 49.3 Å². The molecule has 2 fully saturated rings. The van der Waals surface area contributed by atoms with Crippen LogP contribution in [0.5, 0.6) is 0 Å². The van der Waals surface area contributed by atoms with Gasteiger partial charge in [0.15, 0.2) is 0 Å². The fourth-order valence-electron chi connectivity index (χ4n) is 2.62. The van der Waals surface area contributed by atoms with Crippen LogP contribution in [0.1, 0.15) is 46.5 Å². The first-order chi connectivity index (χ1) is 8.63. The molecule has 2 unspecified atom stereocenters. The Hall–Kier alpha value is -0.120. The molecule has 0 spiro atoms. The zero-order valence-corrected chi connectivity index (χ0v) is 12.4. The molecule has 3 heteroatoms. The van der Waals surface area contributed by atoms with E-state index in [9.17, 15) is 0 Å². The van der Waals surface area contributed by atoms with Gasteiger partial charge >= 0.3 is 0 Å². The van der Waals surface area contributed by atoms with E-state index in [-0.39, 0.29) is 0 Å². The molecule has 0 aromatic heterocycles. The van der Waals surface area contributed by atoms with E-state index in [4.69, 9.17) is 4.74 Å². The summed E-state index contributed by atoms with van der Waals surface area (Å²) in [5.41, 5.74) is 0.307. The van der Waals surface area contributed by atoms with Gasteiger partial charge in [-0.25, -0.2) is 0 Å². The van der Waals surface area contributed by atoms with Crippen LogP contribution >= 0.6 is 0 Å². The molecule has 1 saturated heterocycles. The summed E-state index contributed by atoms with van der Waals surface area (Å²) in [6.07, 6.45) is 5.17. The Morgan fingerprint density at radius 3 is 2.83 bits per heavy atom. The molecule has 1 aliphatic heterocycles. The summed E-state index contributed by atoms with van der Waals surface area (Å²) in [5.74, 6) is 0.895. The van der Waals surface area contributed by atoms with E-state index < -0.39 is 0 Å². The molecular formula is C15H30N2O. The van der Waals surface area contributed by atoms with E-state index in [1.807, 2.05) is 0 Å². The molecule has 2 atom stereocenters. The standard InChI is InChI=1S/C15H30N2O/c1-4-15(3)12-17(13(2)10-16-15)8-5-9-18-11-14-6-7-14/h13-14,16H,4-12H2,1-3H3. The molecule has 0 bridgehead atoms. The molecule has 0 aromatic carbocycles. The van der Waals surface area contributed by atoms with Gasteiger partial charge < -0.3 is 10.1 Å². The zero-order chi connectivity index (χ0) is 13.0. The van der Waals surface area contributed by atoms with Gasteiger partial charge in [0.1, 0.15) is 0 Å². The van der Waals surface area contributed by atoms with Gasteiger partial charge in [-0.15, -0.1) is 0 Å². The Balaban J connectivity index is 1.62. The molecule has 0 radical (unpaired) electrons. The highest BCUT2D eigenvalue weighted by molar-refractivity contribution is 4.92. The third-order valence-corrected chi connectivity index (χ3v) is 4.56. The van der Waals surface area contributed by atoms with E-state index in [0.29, 0.717) is 11.6 Å². The van der Waals surface area contributed by atoms with Crippen LogP contribution in [0.4, 0.5) is 0 Å². The molecule has 2 aliphatic rings. The van der Waals surface area contributed by atoms with Crippen molar-refractivity contribution < 1.29 is 4.74 Å². The van der Waals surface area contributed by atoms with Crippen molar-refractivity contribution in [1.29, 1.82) is 0 Å². The van der Waals surface area contributed by atoms with Crippen molar-refractivity contribution in [3.63, 3.8) is 0 Å². The SMILES string of the molecule is CCC1(C)CN(CCCOCC2CC2)C(C)CN1. The first-order valence-electron chi connectivity index (χ1n) is 7.70. The van der Waals surface area contributed by atoms with Crippen LogP contribution < -0.4 is 5.32 Å². The molecule has 1 heterocycles. The molecule has 106 valence electrons. The highest BCUT2D eigenvalue weighted by Crippen LogP contribution is 2.28. The average Bonchev–Trinajstić information content (AvgIpc) is 3.17. The van der Waals surface area contributed by atoms with Crippen molar-refractivity contribution in [2.24, 2.45) is 5.92 Å². The summed E-state index contributed by atoms with van der Waals surface area (Å²) in [5, 5.41) is 3.68. The first kappa shape index (κ1) is 14.3. The predicted octanol–water partition coefficient (Wildman–Crippen LogP) is 2.27. The molecule has 18 heavy (non-hydrogen) atoms. The Bertz CT molecular complexity index is 255. The van der Waals surface area contributed by atoms with E-state index in [0.717, 1.165) is 25.7 Å². The van der Waals surface area contributed by atoms with Gasteiger partial charge in [-0.2, -0.15) is 0 Å². The number of ether oxygens (including phenoxy) is 1. The quantitative estimate of drug-likeness (QED) is 0.705. The first-order valence-corrected chi connectivity index (χ1v) is 7.70. The lowest BCUT2D eigenvalue weighted by Crippen LogP contribution is -2.62. The summed E-state index contributed by atoms with van der Waals surface area (Å²) in [4.78, 5) is 2.63. The van der Waals surface area contributed by atoms with Crippen LogP contribution in [0.15, 0.2) is 0 Å². The summed E-state index contributed by atoms with van der Waals surface area (Å²) >= 11 is 0. The number of nitrogens with one attached hydrogen (secondary N) is 1. The largest absolute Gasteiger partial charge is 0.381 e. The van der Waals surface area contributed by atoms with Crippen molar-refractivity contribution in [2.45, 2.75) is 58.0 Å². The molecule has 2 rings (SSSR count). The molecule has 0 amide bonds. The fraction of sp³-hybridized carbons (Fsp3) is 1.00. The second-order valence-corrected chi connectivity index (χ2v) is 6.49. The van der Waals surface area contributed by atoms with Crippen molar-refractivity contribution >= 4 is 0 Å². The summed E-state index contributed by atoms with van der Waals surface area (Å²) in [7, 11) is 0. The summed E-state index contributed by atoms with van der Waals surface area (Å²) < 4.78 is 5.72. The lowest BCUT2D eigenvalue weighted by molar-refractivity contribution is 0.0704. The number of hydrogen-bond acceptors (Lipinski definition) is 3. The fourth-order valence-corrected chi connectivity index (χ4v) is 2.62. The molecule has 1 aliphatic carbocycles. The molecule has 1 N–H and O–H groups in total. The highest BCUT2D eigenvalue weighted by atomic mass is 16.5. The minimum absolute atomic E-state index is 0.307. The van der Waals surface area contributed by atoms with Gasteiger partial charge in [0, 0.05) is 44.4 Å². The second-order valence-electron chi connectivity index (χ2n) is 6.49. The number of piperazine rings is 1. The number of rotatable bonds is 7. The smallest absolute Gasteiger partial charge is 0.0494 e. The average molecular weight is 254 g/mol. The molecular weight excluding hydrogens is 224 g/mol. The van der Waals surface area contributed by atoms with Crippen LogP contribution in [0.25, 0.3) is 0 Å². The van der Waals surface area contributed by atoms with E-state index in [1.54, 1.807) is 0 Å². The summed E-state index contributed by atoms with van der Waals surface area (Å²) in [6.45, 7) is 12.4. The lowest BCUT2D eigenvalue weighted by atomic mass is 9.94. The monoisotopic (exact) mass is 254 g/mol. The van der Waals surface area contributed by atoms with Crippen LogP contribution in [-0.2, 0) is 4.74 Å². The highest BCUT2D eigenvalue weighted by Gasteiger charge is 2.32. The van der Waals surface area contributed by atoms with Gasteiger partial charge in [0.2, 0.25) is 0 Å². The van der Waals surface area contributed by atoms with Crippen LogP contribution in [0.3, 0.4) is 0 Å². The molecule has 3 nitrogen and oxygen atoms in total. The second kappa shape index (κ2) is 6.36. The van der Waals surface area contributed by atoms with Gasteiger partial charge in [-0.1, -0.05) is 6.92 Å². The minimum Gasteiger partial charge on any atom is -0.381 e. The van der Waals surface area contributed by atoms with E-state index in [2.05, 4.69) is 31.0 Å². The van der Waals surface area contributed by atoms with Gasteiger partial charge in [0.25, 0.3) is 0 Å². The van der Waals surface area contributed by atoms with Crippen molar-refractivity contribution in [1.82, 2.24) is 10.2 Å². The topological polar surface area (TPSA) is 24.5 Å². The molecule has 0 aromatic rings. The van der Waals surface area contributed by atoms with Crippen LogP contribution in [0, 0.1) is 5.92 Å². The van der Waals surface area contributed by atoms with E-state index in [1.165, 1.54) is 38.8 Å². The van der Waals surface area contributed by atoms with Crippen molar-refractivity contribution in [3.05, 3.63) is 0 Å². The maximum absolute atomic E-state index is 5.72. The Morgan fingerprint density at radius 1 is 1.39 bits per heavy atom. The summed E-state index contributed by atoms with van der Waals surface area (Å²) in [6, 6.07) is 0.660. The Kier molecular flexibility index (Phi) is 5.05. The predicted molar refractivity (Wildman–Crippen MR) is 75.9 cm³/mol. The van der Waals surface area contributed by atoms with Gasteiger partial charge in [0.05, 0.1) is 0 Å².